The highest BCUT2D eigenvalue weighted by Crippen LogP contribution is 2.34. The third kappa shape index (κ3) is 6.66. The number of halogens is 4. The highest BCUT2D eigenvalue weighted by Gasteiger charge is 2.35. The average Bonchev–Trinajstić information content (AvgIpc) is 3.40. The summed E-state index contributed by atoms with van der Waals surface area (Å²) < 4.78 is 62.8. The Morgan fingerprint density at radius 1 is 0.975 bits per heavy atom. The molecule has 0 radical (unpaired) electrons. The van der Waals surface area contributed by atoms with Gasteiger partial charge in [0.1, 0.15) is 18.1 Å². The van der Waals surface area contributed by atoms with Crippen LogP contribution in [0.15, 0.2) is 77.9 Å². The first kappa shape index (κ1) is 28.8. The van der Waals surface area contributed by atoms with Gasteiger partial charge in [0.2, 0.25) is 0 Å². The fourth-order valence-electron chi connectivity index (χ4n) is 4.32. The Hall–Kier alpha value is -4.25. The molecule has 0 aromatic heterocycles. The summed E-state index contributed by atoms with van der Waals surface area (Å²) in [5.41, 5.74) is 1.10. The van der Waals surface area contributed by atoms with Crippen molar-refractivity contribution in [1.82, 2.24) is 9.91 Å². The maximum absolute atomic E-state index is 13.6. The van der Waals surface area contributed by atoms with Crippen molar-refractivity contribution in [2.24, 2.45) is 5.10 Å². The molecule has 1 atom stereocenters. The lowest BCUT2D eigenvalue weighted by Crippen LogP contribution is -2.42. The molecule has 0 aliphatic carbocycles. The second-order valence-corrected chi connectivity index (χ2v) is 9.08. The Morgan fingerprint density at radius 2 is 1.62 bits per heavy atom. The van der Waals surface area contributed by atoms with Crippen molar-refractivity contribution >= 4 is 17.5 Å². The molecule has 0 saturated heterocycles. The number of benzene rings is 3. The van der Waals surface area contributed by atoms with Gasteiger partial charge in [-0.25, -0.2) is 9.40 Å². The minimum Gasteiger partial charge on any atom is -0.497 e. The van der Waals surface area contributed by atoms with Crippen molar-refractivity contribution in [3.8, 4) is 5.75 Å². The van der Waals surface area contributed by atoms with E-state index in [1.165, 1.54) is 29.2 Å². The van der Waals surface area contributed by atoms with Crippen molar-refractivity contribution in [1.29, 1.82) is 0 Å². The molecule has 0 saturated carbocycles. The van der Waals surface area contributed by atoms with E-state index >= 15 is 0 Å². The molecule has 1 aliphatic rings. The average molecular weight is 558 g/mol. The number of rotatable bonds is 9. The molecule has 11 heteroatoms. The largest absolute Gasteiger partial charge is 0.497 e. The number of carbonyl (C=O) groups is 2. The van der Waals surface area contributed by atoms with Crippen molar-refractivity contribution in [2.75, 3.05) is 33.9 Å². The zero-order chi connectivity index (χ0) is 28.9. The lowest BCUT2D eigenvalue weighted by atomic mass is 9.98. The van der Waals surface area contributed by atoms with E-state index in [1.54, 1.807) is 31.4 Å². The zero-order valence-corrected chi connectivity index (χ0v) is 21.8. The summed E-state index contributed by atoms with van der Waals surface area (Å²) >= 11 is 0. The molecule has 2 amide bonds. The van der Waals surface area contributed by atoms with Crippen LogP contribution in [0.25, 0.3) is 0 Å². The molecule has 3 aromatic carbocycles. The van der Waals surface area contributed by atoms with Crippen molar-refractivity contribution in [3.05, 3.63) is 101 Å². The van der Waals surface area contributed by atoms with E-state index in [0.717, 1.165) is 29.8 Å². The molecular weight excluding hydrogens is 530 g/mol. The monoisotopic (exact) mass is 557 g/mol. The molecular formula is C29H27F4N3O4. The Labute approximate surface area is 228 Å². The fraction of sp³-hybridized carbons (Fsp3) is 0.276. The van der Waals surface area contributed by atoms with Gasteiger partial charge in [0, 0.05) is 25.6 Å². The van der Waals surface area contributed by atoms with E-state index in [-0.39, 0.29) is 18.7 Å². The minimum atomic E-state index is -4.54. The van der Waals surface area contributed by atoms with Crippen LogP contribution in [0.2, 0.25) is 0 Å². The molecule has 0 N–H and O–H groups in total. The van der Waals surface area contributed by atoms with E-state index in [1.807, 2.05) is 12.1 Å². The van der Waals surface area contributed by atoms with E-state index in [0.29, 0.717) is 23.4 Å². The Bertz CT molecular complexity index is 1360. The summed E-state index contributed by atoms with van der Waals surface area (Å²) in [7, 11) is 2.97. The Balaban J connectivity index is 1.61. The fourth-order valence-corrected chi connectivity index (χ4v) is 4.32. The third-order valence-corrected chi connectivity index (χ3v) is 6.48. The van der Waals surface area contributed by atoms with Crippen LogP contribution in [0.5, 0.6) is 5.75 Å². The zero-order valence-electron chi connectivity index (χ0n) is 21.8. The van der Waals surface area contributed by atoms with E-state index in [4.69, 9.17) is 9.47 Å². The quantitative estimate of drug-likeness (QED) is 0.334. The summed E-state index contributed by atoms with van der Waals surface area (Å²) in [6.07, 6.45) is -4.20. The summed E-state index contributed by atoms with van der Waals surface area (Å²) in [5, 5.41) is 5.84. The highest BCUT2D eigenvalue weighted by atomic mass is 19.4. The normalized spacial score (nSPS) is 15.1. The summed E-state index contributed by atoms with van der Waals surface area (Å²) in [6, 6.07) is 16.2. The van der Waals surface area contributed by atoms with Gasteiger partial charge in [-0.2, -0.15) is 18.3 Å². The van der Waals surface area contributed by atoms with Gasteiger partial charge in [-0.1, -0.05) is 24.3 Å². The molecule has 40 heavy (non-hydrogen) atoms. The molecule has 210 valence electrons. The number of methoxy groups -OCH3 is 2. The smallest absolute Gasteiger partial charge is 0.416 e. The predicted octanol–water partition coefficient (Wildman–Crippen LogP) is 5.32. The van der Waals surface area contributed by atoms with Gasteiger partial charge in [-0.05, 0) is 59.7 Å². The summed E-state index contributed by atoms with van der Waals surface area (Å²) in [6.45, 7) is -0.264. The van der Waals surface area contributed by atoms with Gasteiger partial charge in [0.25, 0.3) is 11.8 Å². The van der Waals surface area contributed by atoms with Gasteiger partial charge >= 0.3 is 6.18 Å². The first-order valence-electron chi connectivity index (χ1n) is 12.4. The summed E-state index contributed by atoms with van der Waals surface area (Å²) in [5.74, 6) is -0.902. The highest BCUT2D eigenvalue weighted by molar-refractivity contribution is 6.03. The molecule has 0 spiro atoms. The second kappa shape index (κ2) is 12.3. The standard InChI is InChI=1S/C29H27F4N3O4/c1-39-16-15-35(28(38)21-3-9-22(10-4-21)29(31,32)33)18-27(37)36-26(20-7-13-24(40-2)14-8-20)17-25(34-36)19-5-11-23(30)12-6-19/h3-14,26H,15-18H2,1-2H3/t26-/m1/s1. The van der Waals surface area contributed by atoms with Crippen molar-refractivity contribution in [3.63, 3.8) is 0 Å². The molecule has 1 aliphatic heterocycles. The topological polar surface area (TPSA) is 71.4 Å². The SMILES string of the molecule is COCCN(CC(=O)N1N=C(c2ccc(F)cc2)C[C@@H]1c1ccc(OC)cc1)C(=O)c1ccc(C(F)(F)F)cc1. The number of ether oxygens (including phenoxy) is 2. The molecule has 0 unspecified atom stereocenters. The number of amides is 2. The number of carbonyl (C=O) groups excluding carboxylic acids is 2. The van der Waals surface area contributed by atoms with Crippen LogP contribution in [0.4, 0.5) is 17.6 Å². The van der Waals surface area contributed by atoms with Gasteiger partial charge in [0.05, 0.1) is 31.0 Å². The summed E-state index contributed by atoms with van der Waals surface area (Å²) in [4.78, 5) is 28.1. The van der Waals surface area contributed by atoms with Gasteiger partial charge in [-0.3, -0.25) is 9.59 Å². The molecule has 3 aromatic rings. The second-order valence-electron chi connectivity index (χ2n) is 9.08. The minimum absolute atomic E-state index is 0.000492. The number of hydrogen-bond acceptors (Lipinski definition) is 5. The number of nitrogens with zero attached hydrogens (tertiary/aromatic N) is 3. The van der Waals surface area contributed by atoms with Crippen LogP contribution >= 0.6 is 0 Å². The number of alkyl halides is 3. The van der Waals surface area contributed by atoms with Crippen molar-refractivity contribution < 1.29 is 36.6 Å². The number of hydrogen-bond donors (Lipinski definition) is 0. The van der Waals surface area contributed by atoms with Crippen LogP contribution in [-0.2, 0) is 15.7 Å². The molecule has 0 bridgehead atoms. The van der Waals surface area contributed by atoms with Crippen LogP contribution in [0.3, 0.4) is 0 Å². The number of hydrazone groups is 1. The van der Waals surface area contributed by atoms with Gasteiger partial charge in [-0.15, -0.1) is 0 Å². The molecule has 4 rings (SSSR count). The third-order valence-electron chi connectivity index (χ3n) is 6.48. The van der Waals surface area contributed by atoms with E-state index < -0.39 is 42.0 Å². The lowest BCUT2D eigenvalue weighted by Gasteiger charge is -2.27. The van der Waals surface area contributed by atoms with Crippen molar-refractivity contribution in [2.45, 2.75) is 18.6 Å². The van der Waals surface area contributed by atoms with Gasteiger partial charge < -0.3 is 14.4 Å². The maximum atomic E-state index is 13.6. The molecule has 0 fully saturated rings. The first-order chi connectivity index (χ1) is 19.1. The van der Waals surface area contributed by atoms with Crippen LogP contribution < -0.4 is 4.74 Å². The van der Waals surface area contributed by atoms with Crippen LogP contribution in [0, 0.1) is 5.82 Å². The van der Waals surface area contributed by atoms with E-state index in [9.17, 15) is 27.2 Å². The molecule has 7 nitrogen and oxygen atoms in total. The van der Waals surface area contributed by atoms with Crippen LogP contribution in [0.1, 0.15) is 39.5 Å². The predicted molar refractivity (Wildman–Crippen MR) is 139 cm³/mol. The molecule has 1 heterocycles. The van der Waals surface area contributed by atoms with E-state index in [2.05, 4.69) is 5.10 Å². The first-order valence-corrected chi connectivity index (χ1v) is 12.4. The lowest BCUT2D eigenvalue weighted by molar-refractivity contribution is -0.137. The maximum Gasteiger partial charge on any atom is 0.416 e. The Morgan fingerprint density at radius 3 is 2.20 bits per heavy atom. The van der Waals surface area contributed by atoms with Crippen LogP contribution in [-0.4, -0.2) is 61.4 Å². The Kier molecular flexibility index (Phi) is 8.83. The van der Waals surface area contributed by atoms with Gasteiger partial charge in [0.15, 0.2) is 0 Å².